The van der Waals surface area contributed by atoms with Crippen LogP contribution in [-0.2, 0) is 6.54 Å². The van der Waals surface area contributed by atoms with Gasteiger partial charge in [-0.3, -0.25) is 10.1 Å². The second-order valence-corrected chi connectivity index (χ2v) is 6.46. The first-order valence-electron chi connectivity index (χ1n) is 6.39. The molecule has 110 valence electrons. The van der Waals surface area contributed by atoms with Crippen molar-refractivity contribution in [3.8, 4) is 0 Å². The number of benzene rings is 2. The molecule has 0 aromatic heterocycles. The minimum absolute atomic E-state index is 0.0894. The summed E-state index contributed by atoms with van der Waals surface area (Å²) in [4.78, 5) is 10.3. The summed E-state index contributed by atoms with van der Waals surface area (Å²) in [5, 5.41) is 14.1. The van der Waals surface area contributed by atoms with Gasteiger partial charge < -0.3 is 5.32 Å². The van der Waals surface area contributed by atoms with Gasteiger partial charge in [-0.1, -0.05) is 44.0 Å². The molecule has 0 aliphatic rings. The minimum Gasteiger partial charge on any atom is -0.306 e. The van der Waals surface area contributed by atoms with E-state index in [-0.39, 0.29) is 11.7 Å². The van der Waals surface area contributed by atoms with Crippen LogP contribution in [-0.4, -0.2) is 4.92 Å². The molecule has 0 aliphatic carbocycles. The van der Waals surface area contributed by atoms with Gasteiger partial charge in [0.05, 0.1) is 4.92 Å². The Labute approximate surface area is 140 Å². The monoisotopic (exact) mass is 412 g/mol. The van der Waals surface area contributed by atoms with Gasteiger partial charge in [0, 0.05) is 33.7 Å². The molecule has 1 atom stereocenters. The molecule has 0 radical (unpaired) electrons. The smallest absolute Gasteiger partial charge is 0.270 e. The van der Waals surface area contributed by atoms with Crippen molar-refractivity contribution in [3.05, 3.63) is 72.7 Å². The van der Waals surface area contributed by atoms with Crippen LogP contribution in [0.2, 0.25) is 0 Å². The Hall–Kier alpha value is -1.24. The van der Waals surface area contributed by atoms with Crippen molar-refractivity contribution < 1.29 is 4.92 Å². The highest BCUT2D eigenvalue weighted by Crippen LogP contribution is 2.24. The molecule has 0 saturated heterocycles. The summed E-state index contributed by atoms with van der Waals surface area (Å²) in [7, 11) is 0. The van der Waals surface area contributed by atoms with Gasteiger partial charge in [-0.2, -0.15) is 0 Å². The lowest BCUT2D eigenvalue weighted by atomic mass is 10.1. The number of hydrogen-bond donors (Lipinski definition) is 1. The fourth-order valence-electron chi connectivity index (χ4n) is 1.93. The van der Waals surface area contributed by atoms with E-state index in [2.05, 4.69) is 56.2 Å². The highest BCUT2D eigenvalue weighted by molar-refractivity contribution is 9.10. The van der Waals surface area contributed by atoms with Crippen LogP contribution in [0.3, 0.4) is 0 Å². The van der Waals surface area contributed by atoms with Gasteiger partial charge in [-0.15, -0.1) is 0 Å². The van der Waals surface area contributed by atoms with Crippen molar-refractivity contribution in [3.63, 3.8) is 0 Å². The Kier molecular flexibility index (Phi) is 5.50. The molecular weight excluding hydrogens is 400 g/mol. The van der Waals surface area contributed by atoms with Crippen LogP contribution in [0.4, 0.5) is 5.69 Å². The zero-order chi connectivity index (χ0) is 15.4. The highest BCUT2D eigenvalue weighted by Gasteiger charge is 2.10. The third-order valence-electron chi connectivity index (χ3n) is 3.22. The first kappa shape index (κ1) is 16.1. The standard InChI is InChI=1S/C15H14Br2N2O2/c1-10(11-2-5-13(16)6-3-11)18-9-12-4-7-14(19(20)21)8-15(12)17/h2-8,10,18H,9H2,1H3/t10-/m0/s1. The molecule has 2 aromatic rings. The van der Waals surface area contributed by atoms with Crippen molar-refractivity contribution in [2.45, 2.75) is 19.5 Å². The highest BCUT2D eigenvalue weighted by atomic mass is 79.9. The minimum atomic E-state index is -0.396. The van der Waals surface area contributed by atoms with Crippen LogP contribution in [0.15, 0.2) is 51.4 Å². The van der Waals surface area contributed by atoms with Crippen molar-refractivity contribution in [2.24, 2.45) is 0 Å². The van der Waals surface area contributed by atoms with Crippen molar-refractivity contribution in [2.75, 3.05) is 0 Å². The molecule has 0 bridgehead atoms. The molecule has 0 spiro atoms. The van der Waals surface area contributed by atoms with Crippen LogP contribution in [0, 0.1) is 10.1 Å². The number of non-ortho nitro benzene ring substituents is 1. The molecular formula is C15H14Br2N2O2. The van der Waals surface area contributed by atoms with Crippen LogP contribution in [0.5, 0.6) is 0 Å². The normalized spacial score (nSPS) is 12.1. The van der Waals surface area contributed by atoms with Gasteiger partial charge >= 0.3 is 0 Å². The van der Waals surface area contributed by atoms with Gasteiger partial charge in [0.25, 0.3) is 5.69 Å². The summed E-state index contributed by atoms with van der Waals surface area (Å²) in [6, 6.07) is 13.2. The third kappa shape index (κ3) is 4.36. The zero-order valence-electron chi connectivity index (χ0n) is 11.3. The van der Waals surface area contributed by atoms with E-state index in [1.807, 2.05) is 12.1 Å². The lowest BCUT2D eigenvalue weighted by Gasteiger charge is -2.15. The van der Waals surface area contributed by atoms with E-state index in [4.69, 9.17) is 0 Å². The summed E-state index contributed by atoms with van der Waals surface area (Å²) in [6.07, 6.45) is 0. The molecule has 4 nitrogen and oxygen atoms in total. The molecule has 0 unspecified atom stereocenters. The molecule has 2 rings (SSSR count). The lowest BCUT2D eigenvalue weighted by Crippen LogP contribution is -2.18. The van der Waals surface area contributed by atoms with Crippen molar-refractivity contribution >= 4 is 37.5 Å². The van der Waals surface area contributed by atoms with Crippen LogP contribution in [0.1, 0.15) is 24.1 Å². The number of nitro groups is 1. The molecule has 0 saturated carbocycles. The molecule has 21 heavy (non-hydrogen) atoms. The molecule has 1 N–H and O–H groups in total. The predicted molar refractivity (Wildman–Crippen MR) is 90.2 cm³/mol. The number of halogens is 2. The summed E-state index contributed by atoms with van der Waals surface area (Å²) < 4.78 is 1.80. The Morgan fingerprint density at radius 2 is 1.86 bits per heavy atom. The van der Waals surface area contributed by atoms with E-state index in [1.54, 1.807) is 6.07 Å². The quantitative estimate of drug-likeness (QED) is 0.556. The number of nitrogens with zero attached hydrogens (tertiary/aromatic N) is 1. The summed E-state index contributed by atoms with van der Waals surface area (Å²) >= 11 is 6.80. The Balaban J connectivity index is 2.02. The Morgan fingerprint density at radius 1 is 1.19 bits per heavy atom. The Morgan fingerprint density at radius 3 is 2.43 bits per heavy atom. The maximum absolute atomic E-state index is 10.7. The van der Waals surface area contributed by atoms with Gasteiger partial charge in [-0.05, 0) is 36.2 Å². The number of nitro benzene ring substituents is 1. The first-order valence-corrected chi connectivity index (χ1v) is 7.97. The van der Waals surface area contributed by atoms with E-state index in [0.717, 1.165) is 14.5 Å². The number of rotatable bonds is 5. The average Bonchev–Trinajstić information content (AvgIpc) is 2.46. The third-order valence-corrected chi connectivity index (χ3v) is 4.48. The maximum atomic E-state index is 10.7. The zero-order valence-corrected chi connectivity index (χ0v) is 14.5. The number of nitrogens with one attached hydrogen (secondary N) is 1. The molecule has 0 fully saturated rings. The van der Waals surface area contributed by atoms with Crippen LogP contribution < -0.4 is 5.32 Å². The second kappa shape index (κ2) is 7.15. The van der Waals surface area contributed by atoms with E-state index in [0.29, 0.717) is 6.54 Å². The van der Waals surface area contributed by atoms with Crippen LogP contribution in [0.25, 0.3) is 0 Å². The second-order valence-electron chi connectivity index (χ2n) is 4.69. The van der Waals surface area contributed by atoms with Gasteiger partial charge in [0.1, 0.15) is 0 Å². The van der Waals surface area contributed by atoms with Crippen molar-refractivity contribution in [1.82, 2.24) is 5.32 Å². The van der Waals surface area contributed by atoms with Crippen LogP contribution >= 0.6 is 31.9 Å². The molecule has 0 heterocycles. The topological polar surface area (TPSA) is 55.2 Å². The van der Waals surface area contributed by atoms with E-state index in [1.165, 1.54) is 17.7 Å². The number of hydrogen-bond acceptors (Lipinski definition) is 3. The van der Waals surface area contributed by atoms with Gasteiger partial charge in [-0.25, -0.2) is 0 Å². The molecule has 0 amide bonds. The summed E-state index contributed by atoms with van der Waals surface area (Å²) in [5.74, 6) is 0. The van der Waals surface area contributed by atoms with E-state index < -0.39 is 4.92 Å². The van der Waals surface area contributed by atoms with Gasteiger partial charge in [0.2, 0.25) is 0 Å². The fraction of sp³-hybridized carbons (Fsp3) is 0.200. The Bertz CT molecular complexity index is 645. The summed E-state index contributed by atoms with van der Waals surface area (Å²) in [6.45, 7) is 2.72. The first-order chi connectivity index (χ1) is 9.97. The summed E-state index contributed by atoms with van der Waals surface area (Å²) in [5.41, 5.74) is 2.27. The SMILES string of the molecule is C[C@H](NCc1ccc([N+](=O)[O-])cc1Br)c1ccc(Br)cc1. The molecule has 2 aromatic carbocycles. The molecule has 6 heteroatoms. The van der Waals surface area contributed by atoms with Crippen molar-refractivity contribution in [1.29, 1.82) is 0 Å². The molecule has 0 aliphatic heterocycles. The van der Waals surface area contributed by atoms with E-state index in [9.17, 15) is 10.1 Å². The average molecular weight is 414 g/mol. The maximum Gasteiger partial charge on any atom is 0.270 e. The lowest BCUT2D eigenvalue weighted by molar-refractivity contribution is -0.384. The predicted octanol–water partition coefficient (Wildman–Crippen LogP) is 4.97. The van der Waals surface area contributed by atoms with Gasteiger partial charge in [0.15, 0.2) is 0 Å². The largest absolute Gasteiger partial charge is 0.306 e. The van der Waals surface area contributed by atoms with E-state index >= 15 is 0 Å². The fourth-order valence-corrected chi connectivity index (χ4v) is 2.70.